The van der Waals surface area contributed by atoms with Crippen LogP contribution in [0.25, 0.3) is 0 Å². The molecular weight excluding hydrogens is 214 g/mol. The minimum Gasteiger partial charge on any atom is -0.310 e. The molecule has 0 aliphatic carbocycles. The molecule has 1 N–H and O–H groups in total. The van der Waals surface area contributed by atoms with E-state index in [0.717, 1.165) is 6.54 Å². The average molecular weight is 237 g/mol. The van der Waals surface area contributed by atoms with Crippen LogP contribution in [0, 0.1) is 5.41 Å². The van der Waals surface area contributed by atoms with Crippen LogP contribution in [-0.2, 0) is 0 Å². The molecule has 0 radical (unpaired) electrons. The summed E-state index contributed by atoms with van der Waals surface area (Å²) < 4.78 is 0. The summed E-state index contributed by atoms with van der Waals surface area (Å²) >= 11 is 1.79. The zero-order valence-electron chi connectivity index (χ0n) is 11.0. The Labute approximate surface area is 104 Å². The molecule has 1 unspecified atom stereocenters. The Balaban J connectivity index is 2.93. The van der Waals surface area contributed by atoms with Crippen molar-refractivity contribution in [1.29, 1.82) is 0 Å². The van der Waals surface area contributed by atoms with Crippen LogP contribution in [0.4, 0.5) is 0 Å². The van der Waals surface area contributed by atoms with Crippen molar-refractivity contribution in [2.24, 2.45) is 5.41 Å². The summed E-state index contributed by atoms with van der Waals surface area (Å²) in [6.07, 6.45) is 2.11. The molecule has 16 heavy (non-hydrogen) atoms. The number of hydrogen-bond acceptors (Lipinski definition) is 2. The van der Waals surface area contributed by atoms with Crippen molar-refractivity contribution in [3.8, 4) is 0 Å². The topological polar surface area (TPSA) is 12.0 Å². The highest BCUT2D eigenvalue weighted by molar-refractivity contribution is 7.98. The quantitative estimate of drug-likeness (QED) is 0.791. The van der Waals surface area contributed by atoms with Crippen molar-refractivity contribution in [2.75, 3.05) is 12.8 Å². The fourth-order valence-electron chi connectivity index (χ4n) is 1.92. The summed E-state index contributed by atoms with van der Waals surface area (Å²) in [5, 5.41) is 3.57. The van der Waals surface area contributed by atoms with Gasteiger partial charge in [0.1, 0.15) is 0 Å². The lowest BCUT2D eigenvalue weighted by atomic mass is 9.82. The van der Waals surface area contributed by atoms with Gasteiger partial charge in [-0.05, 0) is 35.9 Å². The van der Waals surface area contributed by atoms with Crippen LogP contribution in [0.3, 0.4) is 0 Å². The van der Waals surface area contributed by atoms with Gasteiger partial charge in [-0.1, -0.05) is 39.8 Å². The Bertz CT molecular complexity index is 311. The first-order valence-electron chi connectivity index (χ1n) is 5.86. The van der Waals surface area contributed by atoms with Gasteiger partial charge in [0.2, 0.25) is 0 Å². The van der Waals surface area contributed by atoms with Crippen LogP contribution in [0.15, 0.2) is 29.2 Å². The summed E-state index contributed by atoms with van der Waals surface area (Å²) in [6.45, 7) is 10.0. The van der Waals surface area contributed by atoms with Crippen molar-refractivity contribution in [3.63, 3.8) is 0 Å². The number of thioether (sulfide) groups is 1. The summed E-state index contributed by atoms with van der Waals surface area (Å²) in [5.41, 5.74) is 1.63. The molecule has 1 aromatic carbocycles. The third-order valence-corrected chi connectivity index (χ3v) is 3.47. The second-order valence-corrected chi connectivity index (χ2v) is 6.01. The van der Waals surface area contributed by atoms with Crippen LogP contribution in [0.2, 0.25) is 0 Å². The molecule has 0 amide bonds. The highest BCUT2D eigenvalue weighted by Gasteiger charge is 2.24. The van der Waals surface area contributed by atoms with Crippen molar-refractivity contribution in [1.82, 2.24) is 5.32 Å². The highest BCUT2D eigenvalue weighted by atomic mass is 32.2. The SMILES string of the molecule is CCNC(c1ccc(SC)cc1)C(C)(C)C. The number of benzene rings is 1. The average Bonchev–Trinajstić information content (AvgIpc) is 2.25. The second kappa shape index (κ2) is 5.74. The van der Waals surface area contributed by atoms with Crippen molar-refractivity contribution in [3.05, 3.63) is 29.8 Å². The lowest BCUT2D eigenvalue weighted by Crippen LogP contribution is -2.32. The van der Waals surface area contributed by atoms with Crippen molar-refractivity contribution < 1.29 is 0 Å². The van der Waals surface area contributed by atoms with Crippen LogP contribution < -0.4 is 5.32 Å². The van der Waals surface area contributed by atoms with Gasteiger partial charge < -0.3 is 5.32 Å². The lowest BCUT2D eigenvalue weighted by Gasteiger charge is -2.32. The van der Waals surface area contributed by atoms with Gasteiger partial charge in [-0.2, -0.15) is 0 Å². The van der Waals surface area contributed by atoms with Gasteiger partial charge in [0, 0.05) is 10.9 Å². The van der Waals surface area contributed by atoms with Gasteiger partial charge >= 0.3 is 0 Å². The smallest absolute Gasteiger partial charge is 0.0369 e. The molecule has 0 bridgehead atoms. The van der Waals surface area contributed by atoms with E-state index in [4.69, 9.17) is 0 Å². The van der Waals surface area contributed by atoms with E-state index in [9.17, 15) is 0 Å². The Kier molecular flexibility index (Phi) is 4.88. The predicted octanol–water partition coefficient (Wildman–Crippen LogP) is 4.11. The molecule has 1 atom stereocenters. The molecular formula is C14H23NS. The van der Waals surface area contributed by atoms with Crippen LogP contribution in [-0.4, -0.2) is 12.8 Å². The van der Waals surface area contributed by atoms with E-state index in [1.165, 1.54) is 10.5 Å². The molecule has 1 aromatic rings. The maximum atomic E-state index is 3.57. The van der Waals surface area contributed by atoms with E-state index in [1.807, 2.05) is 0 Å². The molecule has 0 spiro atoms. The molecule has 0 saturated carbocycles. The van der Waals surface area contributed by atoms with Crippen LogP contribution in [0.1, 0.15) is 39.3 Å². The molecule has 0 heterocycles. The lowest BCUT2D eigenvalue weighted by molar-refractivity contribution is 0.276. The van der Waals surface area contributed by atoms with E-state index in [0.29, 0.717) is 6.04 Å². The van der Waals surface area contributed by atoms with Crippen molar-refractivity contribution in [2.45, 2.75) is 38.6 Å². The molecule has 0 saturated heterocycles. The summed E-state index contributed by atoms with van der Waals surface area (Å²) in [5.74, 6) is 0. The first kappa shape index (κ1) is 13.6. The van der Waals surface area contributed by atoms with Crippen LogP contribution >= 0.6 is 11.8 Å². The normalized spacial score (nSPS) is 13.8. The summed E-state index contributed by atoms with van der Waals surface area (Å²) in [4.78, 5) is 1.33. The fourth-order valence-corrected chi connectivity index (χ4v) is 2.33. The van der Waals surface area contributed by atoms with E-state index in [1.54, 1.807) is 11.8 Å². The summed E-state index contributed by atoms with van der Waals surface area (Å²) in [7, 11) is 0. The van der Waals surface area contributed by atoms with Crippen molar-refractivity contribution >= 4 is 11.8 Å². The standard InChI is InChI=1S/C14H23NS/c1-6-15-13(14(2,3)4)11-7-9-12(16-5)10-8-11/h7-10,13,15H,6H2,1-5H3. The van der Waals surface area contributed by atoms with E-state index >= 15 is 0 Å². The first-order valence-corrected chi connectivity index (χ1v) is 7.09. The largest absolute Gasteiger partial charge is 0.310 e. The second-order valence-electron chi connectivity index (χ2n) is 5.13. The van der Waals surface area contributed by atoms with E-state index in [2.05, 4.69) is 63.5 Å². The monoisotopic (exact) mass is 237 g/mol. The molecule has 0 aliphatic rings. The molecule has 0 aromatic heterocycles. The third kappa shape index (κ3) is 3.53. The Hall–Kier alpha value is -0.470. The minimum atomic E-state index is 0.247. The molecule has 1 nitrogen and oxygen atoms in total. The number of nitrogens with one attached hydrogen (secondary N) is 1. The number of hydrogen-bond donors (Lipinski definition) is 1. The van der Waals surface area contributed by atoms with Crippen LogP contribution in [0.5, 0.6) is 0 Å². The third-order valence-electron chi connectivity index (χ3n) is 2.72. The van der Waals surface area contributed by atoms with Gasteiger partial charge in [-0.15, -0.1) is 11.8 Å². The van der Waals surface area contributed by atoms with Gasteiger partial charge in [-0.25, -0.2) is 0 Å². The fraction of sp³-hybridized carbons (Fsp3) is 0.571. The molecule has 90 valence electrons. The molecule has 0 aliphatic heterocycles. The Morgan fingerprint density at radius 1 is 1.19 bits per heavy atom. The molecule has 1 rings (SSSR count). The maximum absolute atomic E-state index is 3.57. The molecule has 0 fully saturated rings. The van der Waals surface area contributed by atoms with Gasteiger partial charge in [0.25, 0.3) is 0 Å². The van der Waals surface area contributed by atoms with E-state index in [-0.39, 0.29) is 5.41 Å². The van der Waals surface area contributed by atoms with Gasteiger partial charge in [0.15, 0.2) is 0 Å². The van der Waals surface area contributed by atoms with Gasteiger partial charge in [0.05, 0.1) is 0 Å². The Morgan fingerprint density at radius 2 is 1.75 bits per heavy atom. The summed E-state index contributed by atoms with van der Waals surface area (Å²) in [6, 6.07) is 9.31. The van der Waals surface area contributed by atoms with E-state index < -0.39 is 0 Å². The maximum Gasteiger partial charge on any atom is 0.0369 e. The number of rotatable bonds is 4. The highest BCUT2D eigenvalue weighted by Crippen LogP contribution is 2.33. The zero-order valence-corrected chi connectivity index (χ0v) is 11.8. The minimum absolute atomic E-state index is 0.247. The zero-order chi connectivity index (χ0) is 12.2. The predicted molar refractivity (Wildman–Crippen MR) is 74.1 cm³/mol. The first-order chi connectivity index (χ1) is 7.49. The Morgan fingerprint density at radius 3 is 2.12 bits per heavy atom. The molecule has 2 heteroatoms. The van der Waals surface area contributed by atoms with Gasteiger partial charge in [-0.3, -0.25) is 0 Å².